The molecule has 0 aromatic carbocycles. The number of nitrogens with two attached hydrogens (primary N) is 1. The van der Waals surface area contributed by atoms with Gasteiger partial charge in [0.15, 0.2) is 5.96 Å². The summed E-state index contributed by atoms with van der Waals surface area (Å²) < 4.78 is 5.01. The van der Waals surface area contributed by atoms with E-state index in [9.17, 15) is 0 Å². The van der Waals surface area contributed by atoms with E-state index < -0.39 is 0 Å². The van der Waals surface area contributed by atoms with Crippen LogP contribution in [0, 0.1) is 0 Å². The van der Waals surface area contributed by atoms with Crippen LogP contribution < -0.4 is 11.1 Å². The van der Waals surface area contributed by atoms with Gasteiger partial charge in [0.05, 0.1) is 13.2 Å². The number of halogens is 1. The molecule has 0 saturated carbocycles. The van der Waals surface area contributed by atoms with Crippen LogP contribution in [0.2, 0.25) is 0 Å². The highest BCUT2D eigenvalue weighted by Crippen LogP contribution is 1.96. The van der Waals surface area contributed by atoms with Gasteiger partial charge in [-0.25, -0.2) is 0 Å². The van der Waals surface area contributed by atoms with Gasteiger partial charge in [-0.15, -0.1) is 24.0 Å². The second kappa shape index (κ2) is 12.0. The number of nitrogens with zero attached hydrogens (tertiary/aromatic N) is 2. The van der Waals surface area contributed by atoms with Crippen molar-refractivity contribution in [3.05, 3.63) is 0 Å². The third kappa shape index (κ3) is 9.90. The fourth-order valence-corrected chi connectivity index (χ4v) is 1.67. The van der Waals surface area contributed by atoms with Crippen molar-refractivity contribution in [2.75, 3.05) is 33.4 Å². The van der Waals surface area contributed by atoms with E-state index in [4.69, 9.17) is 10.5 Å². The Kier molecular flexibility index (Phi) is 13.5. The molecule has 0 aliphatic heterocycles. The Hall–Kier alpha value is -0.0800. The third-order valence-electron chi connectivity index (χ3n) is 2.62. The van der Waals surface area contributed by atoms with Gasteiger partial charge in [0, 0.05) is 25.7 Å². The summed E-state index contributed by atoms with van der Waals surface area (Å²) in [6.07, 6.45) is 0. The zero-order valence-electron chi connectivity index (χ0n) is 12.3. The van der Waals surface area contributed by atoms with Crippen molar-refractivity contribution in [3.63, 3.8) is 0 Å². The van der Waals surface area contributed by atoms with Crippen molar-refractivity contribution in [2.24, 2.45) is 10.7 Å². The summed E-state index contributed by atoms with van der Waals surface area (Å²) in [5, 5.41) is 3.09. The Morgan fingerprint density at radius 1 is 1.39 bits per heavy atom. The molecular formula is C12H29IN4O. The van der Waals surface area contributed by atoms with Crippen LogP contribution in [0.25, 0.3) is 0 Å². The number of aliphatic imine (C=N–C) groups is 1. The summed E-state index contributed by atoms with van der Waals surface area (Å²) in [5.74, 6) is 0.495. The number of rotatable bonds is 8. The Balaban J connectivity index is 0. The molecule has 0 bridgehead atoms. The number of hydrogen-bond acceptors (Lipinski definition) is 3. The quantitative estimate of drug-likeness (QED) is 0.383. The van der Waals surface area contributed by atoms with Crippen LogP contribution in [0.15, 0.2) is 4.99 Å². The lowest BCUT2D eigenvalue weighted by Crippen LogP contribution is -2.41. The van der Waals surface area contributed by atoms with Crippen molar-refractivity contribution in [1.29, 1.82) is 0 Å². The number of methoxy groups -OCH3 is 1. The van der Waals surface area contributed by atoms with Crippen LogP contribution in [0.3, 0.4) is 0 Å². The van der Waals surface area contributed by atoms with Gasteiger partial charge in [0.2, 0.25) is 0 Å². The molecule has 0 amide bonds. The molecule has 1 unspecified atom stereocenters. The molecule has 6 heteroatoms. The monoisotopic (exact) mass is 372 g/mol. The van der Waals surface area contributed by atoms with E-state index in [-0.39, 0.29) is 30.0 Å². The average molecular weight is 372 g/mol. The van der Waals surface area contributed by atoms with E-state index >= 15 is 0 Å². The molecule has 0 fully saturated rings. The van der Waals surface area contributed by atoms with Crippen LogP contribution >= 0.6 is 24.0 Å². The second-order valence-electron chi connectivity index (χ2n) is 4.49. The van der Waals surface area contributed by atoms with E-state index in [0.29, 0.717) is 18.6 Å². The van der Waals surface area contributed by atoms with Gasteiger partial charge in [-0.3, -0.25) is 9.89 Å². The first kappa shape index (κ1) is 20.2. The fourth-order valence-electron chi connectivity index (χ4n) is 1.67. The molecule has 110 valence electrons. The average Bonchev–Trinajstić information content (AvgIpc) is 2.24. The minimum atomic E-state index is 0. The van der Waals surface area contributed by atoms with Gasteiger partial charge >= 0.3 is 0 Å². The maximum Gasteiger partial charge on any atom is 0.188 e. The zero-order chi connectivity index (χ0) is 13.3. The molecule has 0 aliphatic rings. The largest absolute Gasteiger partial charge is 0.383 e. The molecule has 1 atom stereocenters. The standard InChI is InChI=1S/C12H28N4O.HI/c1-6-16(10(2)3)8-7-14-12(13)15-11(4)9-17-5;/h10-11H,6-9H2,1-5H3,(H3,13,14,15);1H. The lowest BCUT2D eigenvalue weighted by Gasteiger charge is -2.23. The molecule has 0 rings (SSSR count). The summed E-state index contributed by atoms with van der Waals surface area (Å²) in [5.41, 5.74) is 5.77. The zero-order valence-corrected chi connectivity index (χ0v) is 14.6. The molecule has 0 spiro atoms. The smallest absolute Gasteiger partial charge is 0.188 e. The second-order valence-corrected chi connectivity index (χ2v) is 4.49. The summed E-state index contributed by atoms with van der Waals surface area (Å²) in [4.78, 5) is 6.66. The van der Waals surface area contributed by atoms with Crippen molar-refractivity contribution in [2.45, 2.75) is 39.8 Å². The van der Waals surface area contributed by atoms with Crippen molar-refractivity contribution in [3.8, 4) is 0 Å². The van der Waals surface area contributed by atoms with E-state index in [1.807, 2.05) is 6.92 Å². The molecule has 18 heavy (non-hydrogen) atoms. The molecule has 0 heterocycles. The number of nitrogens with one attached hydrogen (secondary N) is 1. The van der Waals surface area contributed by atoms with Gasteiger partial charge in [-0.05, 0) is 27.3 Å². The number of ether oxygens (including phenoxy) is 1. The summed E-state index contributed by atoms with van der Waals surface area (Å²) >= 11 is 0. The Bertz CT molecular complexity index is 224. The van der Waals surface area contributed by atoms with Gasteiger partial charge in [-0.1, -0.05) is 6.92 Å². The molecule has 5 nitrogen and oxygen atoms in total. The van der Waals surface area contributed by atoms with E-state index in [1.54, 1.807) is 7.11 Å². The normalized spacial score (nSPS) is 13.6. The Labute approximate surface area is 129 Å². The highest BCUT2D eigenvalue weighted by atomic mass is 127. The molecular weight excluding hydrogens is 343 g/mol. The minimum Gasteiger partial charge on any atom is -0.383 e. The minimum absolute atomic E-state index is 0. The predicted molar refractivity (Wildman–Crippen MR) is 88.8 cm³/mol. The topological polar surface area (TPSA) is 62.9 Å². The predicted octanol–water partition coefficient (Wildman–Crippen LogP) is 1.27. The van der Waals surface area contributed by atoms with Gasteiger partial charge in [0.25, 0.3) is 0 Å². The summed E-state index contributed by atoms with van der Waals surface area (Å²) in [6.45, 7) is 11.9. The summed E-state index contributed by atoms with van der Waals surface area (Å²) in [7, 11) is 1.67. The number of guanidine groups is 1. The summed E-state index contributed by atoms with van der Waals surface area (Å²) in [6, 6.07) is 0.743. The fraction of sp³-hybridized carbons (Fsp3) is 0.917. The van der Waals surface area contributed by atoms with Crippen molar-refractivity contribution >= 4 is 29.9 Å². The molecule has 0 aromatic heterocycles. The Morgan fingerprint density at radius 3 is 2.44 bits per heavy atom. The van der Waals surface area contributed by atoms with Gasteiger partial charge in [0.1, 0.15) is 0 Å². The number of hydrogen-bond donors (Lipinski definition) is 2. The lowest BCUT2D eigenvalue weighted by molar-refractivity contribution is 0.179. The van der Waals surface area contributed by atoms with E-state index in [1.165, 1.54) is 0 Å². The molecule has 0 radical (unpaired) electrons. The van der Waals surface area contributed by atoms with Crippen molar-refractivity contribution < 1.29 is 4.74 Å². The maximum atomic E-state index is 5.77. The number of likely N-dealkylation sites (N-methyl/N-ethyl adjacent to an activating group) is 1. The van der Waals surface area contributed by atoms with E-state index in [2.05, 4.69) is 36.0 Å². The van der Waals surface area contributed by atoms with Gasteiger partial charge < -0.3 is 15.8 Å². The van der Waals surface area contributed by atoms with Crippen LogP contribution in [0.1, 0.15) is 27.7 Å². The SMILES string of the molecule is CCN(CCN=C(N)NC(C)COC)C(C)C.I. The molecule has 0 aromatic rings. The first-order chi connectivity index (χ1) is 8.01. The third-order valence-corrected chi connectivity index (χ3v) is 2.62. The van der Waals surface area contributed by atoms with Crippen LogP contribution in [-0.4, -0.2) is 56.3 Å². The molecule has 0 aliphatic carbocycles. The first-order valence-corrected chi connectivity index (χ1v) is 6.30. The maximum absolute atomic E-state index is 5.77. The van der Waals surface area contributed by atoms with Gasteiger partial charge in [-0.2, -0.15) is 0 Å². The highest BCUT2D eigenvalue weighted by molar-refractivity contribution is 14.0. The molecule has 3 N–H and O–H groups in total. The first-order valence-electron chi connectivity index (χ1n) is 6.30. The molecule has 0 saturated heterocycles. The van der Waals surface area contributed by atoms with Crippen molar-refractivity contribution in [1.82, 2.24) is 10.2 Å². The van der Waals surface area contributed by atoms with Crippen LogP contribution in [-0.2, 0) is 4.74 Å². The highest BCUT2D eigenvalue weighted by Gasteiger charge is 2.06. The lowest BCUT2D eigenvalue weighted by atomic mass is 10.3. The van der Waals surface area contributed by atoms with Crippen LogP contribution in [0.5, 0.6) is 0 Å². The van der Waals surface area contributed by atoms with Crippen LogP contribution in [0.4, 0.5) is 0 Å². The Morgan fingerprint density at radius 2 is 2.00 bits per heavy atom. The van der Waals surface area contributed by atoms with E-state index in [0.717, 1.165) is 19.6 Å².